The zero-order valence-corrected chi connectivity index (χ0v) is 12.7. The van der Waals surface area contributed by atoms with Gasteiger partial charge < -0.3 is 10.1 Å². The van der Waals surface area contributed by atoms with Crippen LogP contribution < -0.4 is 4.74 Å². The number of rotatable bonds is 4. The van der Waals surface area contributed by atoms with E-state index in [0.29, 0.717) is 35.1 Å². The third-order valence-corrected chi connectivity index (χ3v) is 3.88. The summed E-state index contributed by atoms with van der Waals surface area (Å²) >= 11 is 0. The second-order valence-corrected chi connectivity index (χ2v) is 5.26. The van der Waals surface area contributed by atoms with E-state index in [4.69, 9.17) is 10.1 Å². The number of nitrogens with one attached hydrogen (secondary N) is 1. The molecule has 3 rings (SSSR count). The number of aliphatic imine (C=N–C) groups is 1. The number of aryl methyl sites for hydroxylation is 1. The molecule has 0 fully saturated rings. The fourth-order valence-electron chi connectivity index (χ4n) is 2.77. The molecule has 2 aromatic carbocycles. The Hall–Kier alpha value is -2.56. The highest BCUT2D eigenvalue weighted by atomic mass is 19.1. The van der Waals surface area contributed by atoms with Crippen molar-refractivity contribution in [2.24, 2.45) is 4.99 Å². The molecule has 23 heavy (non-hydrogen) atoms. The summed E-state index contributed by atoms with van der Waals surface area (Å²) in [6.07, 6.45) is 3.72. The van der Waals surface area contributed by atoms with Crippen LogP contribution in [0.15, 0.2) is 29.3 Å². The van der Waals surface area contributed by atoms with Crippen LogP contribution in [0.1, 0.15) is 24.5 Å². The van der Waals surface area contributed by atoms with Crippen LogP contribution in [0.2, 0.25) is 0 Å². The van der Waals surface area contributed by atoms with Crippen molar-refractivity contribution in [1.29, 1.82) is 5.41 Å². The van der Waals surface area contributed by atoms with Crippen LogP contribution in [0.5, 0.6) is 5.75 Å². The molecule has 0 aliphatic carbocycles. The van der Waals surface area contributed by atoms with Gasteiger partial charge in [0.2, 0.25) is 0 Å². The predicted molar refractivity (Wildman–Crippen MR) is 87.1 cm³/mol. The number of ether oxygens (including phenoxy) is 1. The van der Waals surface area contributed by atoms with Gasteiger partial charge in [-0.05, 0) is 49.2 Å². The van der Waals surface area contributed by atoms with Gasteiger partial charge in [0, 0.05) is 17.3 Å². The van der Waals surface area contributed by atoms with E-state index in [1.807, 2.05) is 0 Å². The van der Waals surface area contributed by atoms with Crippen LogP contribution in [0.25, 0.3) is 11.1 Å². The minimum absolute atomic E-state index is 0.0111. The van der Waals surface area contributed by atoms with Gasteiger partial charge in [0.05, 0.1) is 0 Å². The van der Waals surface area contributed by atoms with E-state index in [2.05, 4.69) is 4.99 Å². The Labute approximate surface area is 133 Å². The molecule has 0 saturated heterocycles. The first-order valence-corrected chi connectivity index (χ1v) is 7.41. The molecule has 0 bridgehead atoms. The van der Waals surface area contributed by atoms with E-state index in [-0.39, 0.29) is 23.9 Å². The predicted octanol–water partition coefficient (Wildman–Crippen LogP) is 4.83. The Morgan fingerprint density at radius 3 is 2.70 bits per heavy atom. The quantitative estimate of drug-likeness (QED) is 0.807. The number of fused-ring (bicyclic) bond motifs is 3. The molecule has 1 heterocycles. The number of hydrogen-bond donors (Lipinski definition) is 1. The molecule has 0 unspecified atom stereocenters. The molecular formula is C18H16F2N2O. The Morgan fingerprint density at radius 2 is 1.96 bits per heavy atom. The topological polar surface area (TPSA) is 45.4 Å². The van der Waals surface area contributed by atoms with Gasteiger partial charge in [-0.1, -0.05) is 12.1 Å². The highest BCUT2D eigenvalue weighted by Crippen LogP contribution is 2.43. The average molecular weight is 314 g/mol. The summed E-state index contributed by atoms with van der Waals surface area (Å²) in [4.78, 5) is 3.96. The van der Waals surface area contributed by atoms with E-state index in [1.165, 1.54) is 12.4 Å². The lowest BCUT2D eigenvalue weighted by atomic mass is 9.93. The van der Waals surface area contributed by atoms with Gasteiger partial charge in [0.25, 0.3) is 0 Å². The SMILES string of the molecule is CC=Nc1ccc2c(c1F)OCc1c-2ccc(CCC=N)c1F. The van der Waals surface area contributed by atoms with Crippen molar-refractivity contribution in [2.45, 2.75) is 26.4 Å². The molecule has 0 radical (unpaired) electrons. The molecule has 0 spiro atoms. The summed E-state index contributed by atoms with van der Waals surface area (Å²) in [7, 11) is 0. The van der Waals surface area contributed by atoms with Gasteiger partial charge in [-0.2, -0.15) is 0 Å². The van der Waals surface area contributed by atoms with Gasteiger partial charge in [-0.25, -0.2) is 8.78 Å². The zero-order valence-electron chi connectivity index (χ0n) is 12.7. The largest absolute Gasteiger partial charge is 0.485 e. The van der Waals surface area contributed by atoms with Crippen LogP contribution in [0.4, 0.5) is 14.5 Å². The average Bonchev–Trinajstić information content (AvgIpc) is 2.56. The molecule has 1 aliphatic heterocycles. The Bertz CT molecular complexity index is 800. The Balaban J connectivity index is 2.10. The summed E-state index contributed by atoms with van der Waals surface area (Å²) in [5, 5.41) is 7.06. The van der Waals surface area contributed by atoms with E-state index < -0.39 is 5.82 Å². The van der Waals surface area contributed by atoms with E-state index in [0.717, 1.165) is 0 Å². The van der Waals surface area contributed by atoms with E-state index >= 15 is 0 Å². The van der Waals surface area contributed by atoms with Crippen molar-refractivity contribution in [3.8, 4) is 16.9 Å². The zero-order chi connectivity index (χ0) is 16.4. The number of benzene rings is 2. The van der Waals surface area contributed by atoms with Gasteiger partial charge in [0.15, 0.2) is 11.6 Å². The van der Waals surface area contributed by atoms with Gasteiger partial charge in [-0.3, -0.25) is 4.99 Å². The third-order valence-electron chi connectivity index (χ3n) is 3.88. The molecule has 3 nitrogen and oxygen atoms in total. The highest BCUT2D eigenvalue weighted by Gasteiger charge is 2.25. The second-order valence-electron chi connectivity index (χ2n) is 5.26. The van der Waals surface area contributed by atoms with Crippen molar-refractivity contribution >= 4 is 18.1 Å². The van der Waals surface area contributed by atoms with Gasteiger partial charge in [-0.15, -0.1) is 0 Å². The molecular weight excluding hydrogens is 298 g/mol. The molecule has 0 atom stereocenters. The first-order chi connectivity index (χ1) is 11.2. The van der Waals surface area contributed by atoms with E-state index in [1.54, 1.807) is 31.2 Å². The van der Waals surface area contributed by atoms with Gasteiger partial charge in [0.1, 0.15) is 18.1 Å². The second kappa shape index (κ2) is 6.28. The minimum Gasteiger partial charge on any atom is -0.485 e. The first-order valence-electron chi connectivity index (χ1n) is 7.41. The highest BCUT2D eigenvalue weighted by molar-refractivity contribution is 5.78. The van der Waals surface area contributed by atoms with Gasteiger partial charge >= 0.3 is 0 Å². The summed E-state index contributed by atoms with van der Waals surface area (Å²) in [6, 6.07) is 6.76. The molecule has 2 aromatic rings. The molecule has 0 saturated carbocycles. The van der Waals surface area contributed by atoms with Crippen LogP contribution in [0.3, 0.4) is 0 Å². The fraction of sp³-hybridized carbons (Fsp3) is 0.222. The lowest BCUT2D eigenvalue weighted by Gasteiger charge is -2.23. The number of nitrogens with zero attached hydrogens (tertiary/aromatic N) is 1. The normalized spacial score (nSPS) is 12.7. The lowest BCUT2D eigenvalue weighted by molar-refractivity contribution is 0.281. The molecule has 5 heteroatoms. The van der Waals surface area contributed by atoms with Crippen molar-refractivity contribution in [1.82, 2.24) is 0 Å². The van der Waals surface area contributed by atoms with Crippen LogP contribution in [0, 0.1) is 17.0 Å². The molecule has 0 amide bonds. The van der Waals surface area contributed by atoms with Crippen LogP contribution in [-0.4, -0.2) is 12.4 Å². The van der Waals surface area contributed by atoms with Crippen molar-refractivity contribution in [2.75, 3.05) is 0 Å². The minimum atomic E-state index is -0.528. The standard InChI is InChI=1S/C18H16F2N2O/c1-2-22-15-8-7-13-12-6-5-11(4-3-9-21)16(19)14(12)10-23-18(13)17(15)20/h2,5-9,21H,3-4,10H2,1H3. The van der Waals surface area contributed by atoms with Crippen molar-refractivity contribution in [3.63, 3.8) is 0 Å². The first kappa shape index (κ1) is 15.3. The van der Waals surface area contributed by atoms with Crippen molar-refractivity contribution in [3.05, 3.63) is 47.0 Å². The summed E-state index contributed by atoms with van der Waals surface area (Å²) in [6.45, 7) is 1.70. The monoisotopic (exact) mass is 314 g/mol. The maximum Gasteiger partial charge on any atom is 0.191 e. The van der Waals surface area contributed by atoms with E-state index in [9.17, 15) is 8.78 Å². The summed E-state index contributed by atoms with van der Waals surface area (Å²) in [5.74, 6) is -0.738. The number of hydrogen-bond acceptors (Lipinski definition) is 3. The van der Waals surface area contributed by atoms with Crippen molar-refractivity contribution < 1.29 is 13.5 Å². The molecule has 1 aliphatic rings. The summed E-state index contributed by atoms with van der Waals surface area (Å²) < 4.78 is 34.5. The van der Waals surface area contributed by atoms with Crippen LogP contribution in [-0.2, 0) is 13.0 Å². The summed E-state index contributed by atoms with van der Waals surface area (Å²) in [5.41, 5.74) is 2.38. The maximum atomic E-state index is 14.6. The Morgan fingerprint density at radius 1 is 1.17 bits per heavy atom. The van der Waals surface area contributed by atoms with Crippen LogP contribution >= 0.6 is 0 Å². The lowest BCUT2D eigenvalue weighted by Crippen LogP contribution is -2.11. The molecule has 1 N–H and O–H groups in total. The third kappa shape index (κ3) is 2.63. The fourth-order valence-corrected chi connectivity index (χ4v) is 2.77. The molecule has 0 aromatic heterocycles. The Kier molecular flexibility index (Phi) is 4.19. The smallest absolute Gasteiger partial charge is 0.191 e. The maximum absolute atomic E-state index is 14.6. The number of halogens is 2. The molecule has 118 valence electrons.